The monoisotopic (exact) mass is 379 g/mol. The van der Waals surface area contributed by atoms with Crippen LogP contribution in [0.4, 0.5) is 13.2 Å². The SMILES string of the molecule is Cc1ccc(C=CC(CC(=O)N2CCC[C@H]2C#N)NC(=O)C(F)(F)F)cc1. The van der Waals surface area contributed by atoms with E-state index in [0.717, 1.165) is 11.1 Å². The number of likely N-dealkylation sites (tertiary alicyclic amines) is 1. The van der Waals surface area contributed by atoms with Crippen molar-refractivity contribution in [2.24, 2.45) is 0 Å². The third-order valence-corrected chi connectivity index (χ3v) is 4.29. The standard InChI is InChI=1S/C19H20F3N3O2/c1-13-4-6-14(7-5-13)8-9-15(24-18(27)19(20,21)22)11-17(26)25-10-2-3-16(25)12-23/h4-9,15-16H,2-3,10-11H2,1H3,(H,24,27)/t15?,16-/m0/s1. The molecule has 1 fully saturated rings. The molecular weight excluding hydrogens is 359 g/mol. The Kier molecular flexibility index (Phi) is 6.61. The number of aryl methyl sites for hydroxylation is 1. The summed E-state index contributed by atoms with van der Waals surface area (Å²) in [5, 5.41) is 10.9. The van der Waals surface area contributed by atoms with Crippen molar-refractivity contribution in [3.63, 3.8) is 0 Å². The van der Waals surface area contributed by atoms with Crippen LogP contribution in [0.2, 0.25) is 0 Å². The molecule has 27 heavy (non-hydrogen) atoms. The Hall–Kier alpha value is -2.82. The van der Waals surface area contributed by atoms with Crippen LogP contribution in [0.15, 0.2) is 30.3 Å². The van der Waals surface area contributed by atoms with Crippen LogP contribution in [0, 0.1) is 18.3 Å². The molecule has 1 aromatic carbocycles. The van der Waals surface area contributed by atoms with E-state index in [1.807, 2.05) is 30.4 Å². The normalized spacial score (nSPS) is 18.3. The lowest BCUT2D eigenvalue weighted by Crippen LogP contribution is -2.45. The van der Waals surface area contributed by atoms with Crippen LogP contribution < -0.4 is 5.32 Å². The number of carbonyl (C=O) groups is 2. The van der Waals surface area contributed by atoms with Gasteiger partial charge in [-0.2, -0.15) is 18.4 Å². The zero-order valence-electron chi connectivity index (χ0n) is 14.8. The molecule has 0 spiro atoms. The van der Waals surface area contributed by atoms with E-state index in [1.54, 1.807) is 18.2 Å². The first-order chi connectivity index (χ1) is 12.7. The average molecular weight is 379 g/mol. The summed E-state index contributed by atoms with van der Waals surface area (Å²) in [4.78, 5) is 25.1. The van der Waals surface area contributed by atoms with Gasteiger partial charge in [0.2, 0.25) is 5.91 Å². The summed E-state index contributed by atoms with van der Waals surface area (Å²) < 4.78 is 37.8. The Morgan fingerprint density at radius 2 is 2.04 bits per heavy atom. The quantitative estimate of drug-likeness (QED) is 0.855. The number of benzene rings is 1. The lowest BCUT2D eigenvalue weighted by atomic mass is 10.1. The van der Waals surface area contributed by atoms with Gasteiger partial charge in [-0.1, -0.05) is 42.0 Å². The fraction of sp³-hybridized carbons (Fsp3) is 0.421. The minimum Gasteiger partial charge on any atom is -0.342 e. The van der Waals surface area contributed by atoms with Gasteiger partial charge in [0.05, 0.1) is 18.5 Å². The van der Waals surface area contributed by atoms with Gasteiger partial charge in [0.1, 0.15) is 6.04 Å². The zero-order valence-corrected chi connectivity index (χ0v) is 14.8. The number of rotatable bonds is 5. The molecule has 1 unspecified atom stereocenters. The van der Waals surface area contributed by atoms with Gasteiger partial charge in [0, 0.05) is 6.54 Å². The Morgan fingerprint density at radius 3 is 2.63 bits per heavy atom. The first-order valence-corrected chi connectivity index (χ1v) is 8.52. The molecule has 0 aliphatic carbocycles. The number of nitrogens with zero attached hydrogens (tertiary/aromatic N) is 2. The van der Waals surface area contributed by atoms with Crippen molar-refractivity contribution in [3.8, 4) is 6.07 Å². The molecule has 1 aromatic rings. The molecule has 2 atom stereocenters. The second-order valence-corrected chi connectivity index (χ2v) is 6.43. The molecule has 1 heterocycles. The van der Waals surface area contributed by atoms with Gasteiger partial charge in [-0.25, -0.2) is 0 Å². The Balaban J connectivity index is 2.13. The van der Waals surface area contributed by atoms with E-state index in [4.69, 9.17) is 5.26 Å². The highest BCUT2D eigenvalue weighted by Gasteiger charge is 2.40. The van der Waals surface area contributed by atoms with Crippen molar-refractivity contribution in [1.29, 1.82) is 5.26 Å². The van der Waals surface area contributed by atoms with Crippen LogP contribution >= 0.6 is 0 Å². The molecular formula is C19H20F3N3O2. The number of alkyl halides is 3. The van der Waals surface area contributed by atoms with Crippen LogP contribution in [0.3, 0.4) is 0 Å². The molecule has 1 saturated heterocycles. The van der Waals surface area contributed by atoms with Crippen LogP contribution in [-0.2, 0) is 9.59 Å². The summed E-state index contributed by atoms with van der Waals surface area (Å²) in [6, 6.07) is 7.56. The molecule has 0 aromatic heterocycles. The summed E-state index contributed by atoms with van der Waals surface area (Å²) in [5.41, 5.74) is 1.76. The van der Waals surface area contributed by atoms with E-state index in [1.165, 1.54) is 11.0 Å². The predicted octanol–water partition coefficient (Wildman–Crippen LogP) is 2.96. The summed E-state index contributed by atoms with van der Waals surface area (Å²) in [6.07, 6.45) is -1.25. The Morgan fingerprint density at radius 1 is 1.37 bits per heavy atom. The van der Waals surface area contributed by atoms with Crippen LogP contribution in [0.25, 0.3) is 6.08 Å². The molecule has 144 valence electrons. The lowest BCUT2D eigenvalue weighted by molar-refractivity contribution is -0.174. The van der Waals surface area contributed by atoms with Gasteiger partial charge < -0.3 is 10.2 Å². The number of hydrogen-bond donors (Lipinski definition) is 1. The summed E-state index contributed by atoms with van der Waals surface area (Å²) in [6.45, 7) is 2.29. The maximum Gasteiger partial charge on any atom is 0.471 e. The van der Waals surface area contributed by atoms with Gasteiger partial charge in [0.15, 0.2) is 0 Å². The van der Waals surface area contributed by atoms with Crippen molar-refractivity contribution >= 4 is 17.9 Å². The molecule has 5 nitrogen and oxygen atoms in total. The van der Waals surface area contributed by atoms with Crippen molar-refractivity contribution in [2.45, 2.75) is 44.4 Å². The number of amides is 2. The highest BCUT2D eigenvalue weighted by Crippen LogP contribution is 2.20. The number of hydrogen-bond acceptors (Lipinski definition) is 3. The molecule has 2 amide bonds. The number of carbonyl (C=O) groups excluding carboxylic acids is 2. The van der Waals surface area contributed by atoms with Crippen molar-refractivity contribution in [2.75, 3.05) is 6.54 Å². The maximum absolute atomic E-state index is 12.6. The van der Waals surface area contributed by atoms with Gasteiger partial charge in [0.25, 0.3) is 0 Å². The smallest absolute Gasteiger partial charge is 0.342 e. The van der Waals surface area contributed by atoms with Gasteiger partial charge >= 0.3 is 12.1 Å². The molecule has 1 N–H and O–H groups in total. The zero-order chi connectivity index (χ0) is 20.0. The summed E-state index contributed by atoms with van der Waals surface area (Å²) >= 11 is 0. The van der Waals surface area contributed by atoms with Gasteiger partial charge in [-0.3, -0.25) is 9.59 Å². The average Bonchev–Trinajstić information content (AvgIpc) is 3.09. The highest BCUT2D eigenvalue weighted by molar-refractivity contribution is 5.84. The topological polar surface area (TPSA) is 73.2 Å². The largest absolute Gasteiger partial charge is 0.471 e. The van der Waals surface area contributed by atoms with Crippen LogP contribution in [0.1, 0.15) is 30.4 Å². The van der Waals surface area contributed by atoms with E-state index in [9.17, 15) is 22.8 Å². The predicted molar refractivity (Wildman–Crippen MR) is 93.2 cm³/mol. The summed E-state index contributed by atoms with van der Waals surface area (Å²) in [5.74, 6) is -2.56. The first-order valence-electron chi connectivity index (χ1n) is 8.52. The lowest BCUT2D eigenvalue weighted by Gasteiger charge is -2.23. The van der Waals surface area contributed by atoms with E-state index < -0.39 is 30.1 Å². The molecule has 1 aliphatic heterocycles. The molecule has 0 saturated carbocycles. The van der Waals surface area contributed by atoms with E-state index in [2.05, 4.69) is 0 Å². The highest BCUT2D eigenvalue weighted by atomic mass is 19.4. The Bertz CT molecular complexity index is 751. The summed E-state index contributed by atoms with van der Waals surface area (Å²) in [7, 11) is 0. The first kappa shape index (κ1) is 20.5. The van der Waals surface area contributed by atoms with Gasteiger partial charge in [-0.15, -0.1) is 0 Å². The number of halogens is 3. The van der Waals surface area contributed by atoms with E-state index in [-0.39, 0.29) is 6.42 Å². The molecule has 1 aliphatic rings. The molecule has 8 heteroatoms. The van der Waals surface area contributed by atoms with E-state index in [0.29, 0.717) is 19.4 Å². The fourth-order valence-electron chi connectivity index (χ4n) is 2.83. The third kappa shape index (κ3) is 5.84. The molecule has 0 radical (unpaired) electrons. The van der Waals surface area contributed by atoms with Crippen molar-refractivity contribution in [1.82, 2.24) is 10.2 Å². The number of nitriles is 1. The van der Waals surface area contributed by atoms with Crippen molar-refractivity contribution in [3.05, 3.63) is 41.5 Å². The van der Waals surface area contributed by atoms with Gasteiger partial charge in [-0.05, 0) is 25.3 Å². The Labute approximate surface area is 155 Å². The second-order valence-electron chi connectivity index (χ2n) is 6.43. The molecule has 2 rings (SSSR count). The fourth-order valence-corrected chi connectivity index (χ4v) is 2.83. The number of nitrogens with one attached hydrogen (secondary N) is 1. The minimum absolute atomic E-state index is 0.345. The molecule has 0 bridgehead atoms. The second kappa shape index (κ2) is 8.71. The van der Waals surface area contributed by atoms with Crippen molar-refractivity contribution < 1.29 is 22.8 Å². The maximum atomic E-state index is 12.6. The minimum atomic E-state index is -5.04. The van der Waals surface area contributed by atoms with E-state index >= 15 is 0 Å². The third-order valence-electron chi connectivity index (χ3n) is 4.29. The van der Waals surface area contributed by atoms with Crippen LogP contribution in [-0.4, -0.2) is 41.5 Å². The van der Waals surface area contributed by atoms with Crippen LogP contribution in [0.5, 0.6) is 0 Å².